The minimum absolute atomic E-state index is 0.512. The Morgan fingerprint density at radius 2 is 2.04 bits per heavy atom. The molecule has 0 saturated carbocycles. The lowest BCUT2D eigenvalue weighted by molar-refractivity contribution is 0.517. The number of nitrogens with one attached hydrogen (secondary N) is 1. The number of furan rings is 1. The molecule has 0 unspecified atom stereocenters. The summed E-state index contributed by atoms with van der Waals surface area (Å²) in [5, 5.41) is 11.2. The molecule has 0 atom stereocenters. The molecule has 0 saturated heterocycles. The third-order valence-corrected chi connectivity index (χ3v) is 4.00. The summed E-state index contributed by atoms with van der Waals surface area (Å²) in [4.78, 5) is 6.80. The van der Waals surface area contributed by atoms with E-state index in [9.17, 15) is 0 Å². The van der Waals surface area contributed by atoms with Gasteiger partial charge in [0.05, 0.1) is 19.0 Å². The van der Waals surface area contributed by atoms with E-state index in [2.05, 4.69) is 49.7 Å². The summed E-state index contributed by atoms with van der Waals surface area (Å²) in [7, 11) is 0. The molecule has 0 spiro atoms. The third-order valence-electron chi connectivity index (χ3n) is 4.00. The molecule has 23 heavy (non-hydrogen) atoms. The predicted octanol–water partition coefficient (Wildman–Crippen LogP) is 2.64. The van der Waals surface area contributed by atoms with Gasteiger partial charge in [0.15, 0.2) is 5.82 Å². The van der Waals surface area contributed by atoms with E-state index in [0.717, 1.165) is 31.1 Å². The minimum atomic E-state index is 0.512. The highest BCUT2D eigenvalue weighted by molar-refractivity contribution is 5.45. The average Bonchev–Trinajstić information content (AvgIpc) is 3.13. The number of nitrogens with zero attached hydrogens (tertiary/aromatic N) is 4. The molecule has 1 aliphatic rings. The van der Waals surface area contributed by atoms with E-state index in [1.807, 2.05) is 12.1 Å². The van der Waals surface area contributed by atoms with E-state index >= 15 is 0 Å². The van der Waals surface area contributed by atoms with E-state index < -0.39 is 0 Å². The Morgan fingerprint density at radius 3 is 2.91 bits per heavy atom. The molecule has 6 nitrogen and oxygen atoms in total. The molecule has 2 aromatic heterocycles. The lowest BCUT2D eigenvalue weighted by Gasteiger charge is -2.29. The Hall–Kier alpha value is -2.89. The first-order valence-corrected chi connectivity index (χ1v) is 7.66. The molecule has 1 aromatic carbocycles. The van der Waals surface area contributed by atoms with Crippen LogP contribution < -0.4 is 10.2 Å². The van der Waals surface area contributed by atoms with E-state index in [1.165, 1.54) is 11.1 Å². The van der Waals surface area contributed by atoms with Crippen molar-refractivity contribution < 1.29 is 4.42 Å². The summed E-state index contributed by atoms with van der Waals surface area (Å²) in [6.07, 6.45) is 4.39. The van der Waals surface area contributed by atoms with Crippen LogP contribution in [0.15, 0.2) is 53.3 Å². The number of anilines is 2. The molecule has 0 aliphatic carbocycles. The van der Waals surface area contributed by atoms with Crippen LogP contribution in [0.5, 0.6) is 0 Å². The quantitative estimate of drug-likeness (QED) is 0.799. The summed E-state index contributed by atoms with van der Waals surface area (Å²) >= 11 is 0. The molecular weight excluding hydrogens is 290 g/mol. The number of hydrogen-bond acceptors (Lipinski definition) is 6. The van der Waals surface area contributed by atoms with Crippen molar-refractivity contribution in [3.63, 3.8) is 0 Å². The second kappa shape index (κ2) is 6.08. The van der Waals surface area contributed by atoms with Crippen LogP contribution in [-0.2, 0) is 19.5 Å². The van der Waals surface area contributed by atoms with E-state index in [0.29, 0.717) is 12.5 Å². The monoisotopic (exact) mass is 307 g/mol. The van der Waals surface area contributed by atoms with Gasteiger partial charge in [-0.1, -0.05) is 24.3 Å². The number of aromatic nitrogens is 3. The Morgan fingerprint density at radius 1 is 1.13 bits per heavy atom. The fraction of sp³-hybridized carbons (Fsp3) is 0.235. The fourth-order valence-electron chi connectivity index (χ4n) is 2.79. The summed E-state index contributed by atoms with van der Waals surface area (Å²) in [5.41, 5.74) is 2.77. The van der Waals surface area contributed by atoms with Crippen molar-refractivity contribution >= 4 is 11.8 Å². The molecule has 0 amide bonds. The van der Waals surface area contributed by atoms with E-state index in [4.69, 9.17) is 4.42 Å². The van der Waals surface area contributed by atoms with Gasteiger partial charge in [-0.3, -0.25) is 0 Å². The van der Waals surface area contributed by atoms with Crippen LogP contribution in [0.4, 0.5) is 11.8 Å². The van der Waals surface area contributed by atoms with Crippen molar-refractivity contribution in [2.24, 2.45) is 0 Å². The summed E-state index contributed by atoms with van der Waals surface area (Å²) in [6, 6.07) is 12.3. The molecule has 0 radical (unpaired) electrons. The Balaban J connectivity index is 1.48. The summed E-state index contributed by atoms with van der Waals surface area (Å²) < 4.78 is 5.29. The van der Waals surface area contributed by atoms with Crippen molar-refractivity contribution in [2.45, 2.75) is 19.5 Å². The average molecular weight is 307 g/mol. The second-order valence-electron chi connectivity index (χ2n) is 5.51. The highest BCUT2D eigenvalue weighted by atomic mass is 16.3. The normalized spacial score (nSPS) is 13.7. The van der Waals surface area contributed by atoms with Crippen molar-refractivity contribution in [1.29, 1.82) is 0 Å². The molecule has 3 aromatic rings. The molecule has 4 rings (SSSR count). The van der Waals surface area contributed by atoms with Crippen LogP contribution in [0.1, 0.15) is 16.9 Å². The number of fused-ring (bicyclic) bond motifs is 1. The molecule has 3 heterocycles. The first kappa shape index (κ1) is 13.8. The topological polar surface area (TPSA) is 67.1 Å². The molecular formula is C17H17N5O. The minimum Gasteiger partial charge on any atom is -0.467 e. The smallest absolute Gasteiger partial charge is 0.245 e. The van der Waals surface area contributed by atoms with E-state index in [-0.39, 0.29) is 0 Å². The molecule has 6 heteroatoms. The Labute approximate surface area is 134 Å². The maximum absolute atomic E-state index is 5.29. The fourth-order valence-corrected chi connectivity index (χ4v) is 2.79. The van der Waals surface area contributed by atoms with Gasteiger partial charge >= 0.3 is 0 Å². The summed E-state index contributed by atoms with van der Waals surface area (Å²) in [6.45, 7) is 2.33. The van der Waals surface area contributed by atoms with Crippen molar-refractivity contribution in [3.05, 3.63) is 65.7 Å². The van der Waals surface area contributed by atoms with Gasteiger partial charge in [0, 0.05) is 13.1 Å². The first-order chi connectivity index (χ1) is 11.4. The Bertz CT molecular complexity index is 787. The number of rotatable bonds is 4. The highest BCUT2D eigenvalue weighted by Gasteiger charge is 2.17. The van der Waals surface area contributed by atoms with E-state index in [1.54, 1.807) is 12.5 Å². The highest BCUT2D eigenvalue weighted by Crippen LogP contribution is 2.22. The van der Waals surface area contributed by atoms with Crippen LogP contribution in [0.3, 0.4) is 0 Å². The maximum atomic E-state index is 5.29. The standard InChI is InChI=1S/C17H17N5O/c1-2-5-14-12-22(8-7-13(14)4-1)16-11-19-21-17(20-16)18-10-15-6-3-9-23-15/h1-6,9,11H,7-8,10,12H2,(H,18,20,21). The van der Waals surface area contributed by atoms with Crippen LogP contribution in [-0.4, -0.2) is 21.7 Å². The molecule has 1 N–H and O–H groups in total. The van der Waals surface area contributed by atoms with Gasteiger partial charge in [0.2, 0.25) is 5.95 Å². The van der Waals surface area contributed by atoms with Gasteiger partial charge in [-0.15, -0.1) is 5.10 Å². The SMILES string of the molecule is c1coc(CNc2nncc(N3CCc4ccccc4C3)n2)c1. The summed E-state index contributed by atoms with van der Waals surface area (Å²) in [5.74, 6) is 2.19. The zero-order valence-electron chi connectivity index (χ0n) is 12.6. The van der Waals surface area contributed by atoms with Crippen LogP contribution in [0, 0.1) is 0 Å². The zero-order chi connectivity index (χ0) is 15.5. The first-order valence-electron chi connectivity index (χ1n) is 7.66. The number of hydrogen-bond donors (Lipinski definition) is 1. The van der Waals surface area contributed by atoms with Crippen molar-refractivity contribution in [3.8, 4) is 0 Å². The lowest BCUT2D eigenvalue weighted by Crippen LogP contribution is -2.31. The third kappa shape index (κ3) is 3.01. The van der Waals surface area contributed by atoms with Crippen LogP contribution in [0.2, 0.25) is 0 Å². The molecule has 1 aliphatic heterocycles. The zero-order valence-corrected chi connectivity index (χ0v) is 12.6. The molecule has 0 fully saturated rings. The van der Waals surface area contributed by atoms with Gasteiger partial charge in [0.25, 0.3) is 0 Å². The Kier molecular flexibility index (Phi) is 3.63. The van der Waals surface area contributed by atoms with Gasteiger partial charge in [-0.25, -0.2) is 0 Å². The molecule has 0 bridgehead atoms. The number of benzene rings is 1. The predicted molar refractivity (Wildman–Crippen MR) is 87.1 cm³/mol. The second-order valence-corrected chi connectivity index (χ2v) is 5.51. The van der Waals surface area contributed by atoms with Gasteiger partial charge in [-0.2, -0.15) is 10.1 Å². The van der Waals surface area contributed by atoms with Gasteiger partial charge in [0.1, 0.15) is 5.76 Å². The van der Waals surface area contributed by atoms with Crippen LogP contribution in [0.25, 0.3) is 0 Å². The van der Waals surface area contributed by atoms with Crippen molar-refractivity contribution in [2.75, 3.05) is 16.8 Å². The largest absolute Gasteiger partial charge is 0.467 e. The van der Waals surface area contributed by atoms with Gasteiger partial charge < -0.3 is 14.6 Å². The maximum Gasteiger partial charge on any atom is 0.245 e. The lowest BCUT2D eigenvalue weighted by atomic mass is 10.0. The van der Waals surface area contributed by atoms with Crippen LogP contribution >= 0.6 is 0 Å². The van der Waals surface area contributed by atoms with Crippen molar-refractivity contribution in [1.82, 2.24) is 15.2 Å². The van der Waals surface area contributed by atoms with Gasteiger partial charge in [-0.05, 0) is 29.7 Å². The molecule has 116 valence electrons.